The van der Waals surface area contributed by atoms with Gasteiger partial charge in [-0.2, -0.15) is 0 Å². The maximum Gasteiger partial charge on any atom is 0.573 e. The first kappa shape index (κ1) is 23.4. The van der Waals surface area contributed by atoms with Crippen LogP contribution >= 0.6 is 0 Å². The highest BCUT2D eigenvalue weighted by Crippen LogP contribution is 2.31. The number of pyridine rings is 1. The van der Waals surface area contributed by atoms with Crippen molar-refractivity contribution in [2.45, 2.75) is 25.2 Å². The summed E-state index contributed by atoms with van der Waals surface area (Å²) in [5.41, 5.74) is 1.98. The number of carbonyl (C=O) groups excluding carboxylic acids is 1. The van der Waals surface area contributed by atoms with E-state index >= 15 is 0 Å². The predicted octanol–water partition coefficient (Wildman–Crippen LogP) is 4.30. The molecule has 1 amide bonds. The molecule has 0 atom stereocenters. The molecule has 0 saturated carbocycles. The number of rotatable bonds is 6. The summed E-state index contributed by atoms with van der Waals surface area (Å²) in [4.78, 5) is 27.7. The Labute approximate surface area is 193 Å². The summed E-state index contributed by atoms with van der Waals surface area (Å²) in [5.74, 6) is -0.152. The normalized spacial score (nSPS) is 14.5. The molecule has 0 bridgehead atoms. The molecule has 1 N–H and O–H groups in total. The van der Waals surface area contributed by atoms with Crippen LogP contribution in [0.1, 0.15) is 23.2 Å². The summed E-state index contributed by atoms with van der Waals surface area (Å²) >= 11 is 0. The van der Waals surface area contributed by atoms with Gasteiger partial charge in [-0.1, -0.05) is 0 Å². The minimum Gasteiger partial charge on any atom is -0.406 e. The zero-order valence-electron chi connectivity index (χ0n) is 18.2. The molecular weight excluding hydrogens is 451 g/mol. The number of carbonyl (C=O) groups is 1. The first-order valence-electron chi connectivity index (χ1n) is 10.5. The minimum atomic E-state index is -4.78. The number of ether oxygens (including phenoxy) is 2. The Balaban J connectivity index is 1.58. The molecule has 34 heavy (non-hydrogen) atoms. The van der Waals surface area contributed by atoms with Crippen LogP contribution in [0.5, 0.6) is 5.75 Å². The second kappa shape index (κ2) is 10.0. The van der Waals surface area contributed by atoms with Gasteiger partial charge in [-0.25, -0.2) is 15.0 Å². The van der Waals surface area contributed by atoms with Crippen molar-refractivity contribution in [3.63, 3.8) is 0 Å². The Morgan fingerprint density at radius 3 is 2.44 bits per heavy atom. The minimum absolute atomic E-state index is 0.238. The van der Waals surface area contributed by atoms with Gasteiger partial charge in [0.05, 0.1) is 5.56 Å². The molecule has 0 unspecified atom stereocenters. The molecule has 2 aromatic heterocycles. The molecule has 4 rings (SSSR count). The summed E-state index contributed by atoms with van der Waals surface area (Å²) < 4.78 is 46.3. The smallest absolute Gasteiger partial charge is 0.406 e. The van der Waals surface area contributed by atoms with E-state index in [9.17, 15) is 18.0 Å². The van der Waals surface area contributed by atoms with Crippen LogP contribution in [0.25, 0.3) is 11.1 Å². The van der Waals surface area contributed by atoms with E-state index in [0.29, 0.717) is 35.8 Å². The quantitative estimate of drug-likeness (QED) is 0.571. The van der Waals surface area contributed by atoms with Crippen molar-refractivity contribution in [1.29, 1.82) is 0 Å². The van der Waals surface area contributed by atoms with E-state index in [1.807, 2.05) is 7.05 Å². The van der Waals surface area contributed by atoms with Gasteiger partial charge in [0.15, 0.2) is 0 Å². The number of hydrogen-bond donors (Lipinski definition) is 1. The van der Waals surface area contributed by atoms with Gasteiger partial charge >= 0.3 is 6.36 Å². The number of aromatic nitrogens is 3. The fraction of sp³-hybridized carbons (Fsp3) is 0.304. The maximum absolute atomic E-state index is 12.9. The van der Waals surface area contributed by atoms with Crippen molar-refractivity contribution in [3.8, 4) is 16.9 Å². The van der Waals surface area contributed by atoms with E-state index < -0.39 is 12.3 Å². The van der Waals surface area contributed by atoms with Crippen molar-refractivity contribution in [1.82, 2.24) is 15.0 Å². The van der Waals surface area contributed by atoms with E-state index in [4.69, 9.17) is 4.74 Å². The molecule has 1 saturated heterocycles. The van der Waals surface area contributed by atoms with Gasteiger partial charge in [0.2, 0.25) is 0 Å². The van der Waals surface area contributed by atoms with E-state index in [0.717, 1.165) is 25.0 Å². The summed E-state index contributed by atoms with van der Waals surface area (Å²) in [6.45, 7) is 1.35. The topological polar surface area (TPSA) is 89.5 Å². The maximum atomic E-state index is 12.9. The van der Waals surface area contributed by atoms with Gasteiger partial charge in [-0.05, 0) is 43.2 Å². The summed E-state index contributed by atoms with van der Waals surface area (Å²) in [6.07, 6.45) is 3.11. The lowest BCUT2D eigenvalue weighted by atomic mass is 10.0. The second-order valence-electron chi connectivity index (χ2n) is 7.70. The number of benzene rings is 1. The van der Waals surface area contributed by atoms with E-state index in [2.05, 4.69) is 29.9 Å². The third-order valence-corrected chi connectivity index (χ3v) is 5.42. The molecule has 178 valence electrons. The fourth-order valence-electron chi connectivity index (χ4n) is 3.70. The predicted molar refractivity (Wildman–Crippen MR) is 119 cm³/mol. The molecule has 3 aromatic rings. The van der Waals surface area contributed by atoms with E-state index in [-0.39, 0.29) is 17.4 Å². The van der Waals surface area contributed by atoms with Crippen molar-refractivity contribution >= 4 is 17.4 Å². The summed E-state index contributed by atoms with van der Waals surface area (Å²) in [7, 11) is 1.95. The van der Waals surface area contributed by atoms with Gasteiger partial charge in [-0.15, -0.1) is 13.2 Å². The summed E-state index contributed by atoms with van der Waals surface area (Å²) in [5, 5.41) is 2.66. The second-order valence-corrected chi connectivity index (χ2v) is 7.70. The lowest BCUT2D eigenvalue weighted by molar-refractivity contribution is -0.274. The van der Waals surface area contributed by atoms with Crippen LogP contribution in [0.15, 0.2) is 55.2 Å². The Hall–Kier alpha value is -3.73. The van der Waals surface area contributed by atoms with Crippen LogP contribution < -0.4 is 15.0 Å². The lowest BCUT2D eigenvalue weighted by Gasteiger charge is -2.33. The standard InChI is InChI=1S/C23H22F3N5O3/c1-31(18-6-8-33-9-7-18)21-20(16-11-27-14-28-12-16)10-15(13-29-21)22(32)30-17-2-4-19(5-3-17)34-23(24,25)26/h2-5,10-14,18H,6-9H2,1H3,(H,30,32). The molecule has 1 aliphatic heterocycles. The number of halogens is 3. The van der Waals surface area contributed by atoms with Crippen molar-refractivity contribution < 1.29 is 27.4 Å². The number of amides is 1. The van der Waals surface area contributed by atoms with Gasteiger partial charge in [0, 0.05) is 61.7 Å². The molecular formula is C23H22F3N5O3. The Morgan fingerprint density at radius 1 is 1.12 bits per heavy atom. The van der Waals surface area contributed by atoms with E-state index in [1.165, 1.54) is 24.7 Å². The molecule has 1 aromatic carbocycles. The van der Waals surface area contributed by atoms with Crippen molar-refractivity contribution in [2.24, 2.45) is 0 Å². The fourth-order valence-corrected chi connectivity index (χ4v) is 3.70. The molecule has 3 heterocycles. The highest BCUT2D eigenvalue weighted by atomic mass is 19.4. The van der Waals surface area contributed by atoms with Crippen LogP contribution in [0.3, 0.4) is 0 Å². The first-order chi connectivity index (χ1) is 16.3. The third kappa shape index (κ3) is 5.79. The van der Waals surface area contributed by atoms with Gasteiger partial charge in [-0.3, -0.25) is 4.79 Å². The molecule has 0 spiro atoms. The van der Waals surface area contributed by atoms with Crippen LogP contribution in [-0.4, -0.2) is 53.5 Å². The zero-order valence-corrected chi connectivity index (χ0v) is 18.2. The van der Waals surface area contributed by atoms with Crippen LogP contribution in [0, 0.1) is 0 Å². The molecule has 11 heteroatoms. The highest BCUT2D eigenvalue weighted by molar-refractivity contribution is 6.05. The Kier molecular flexibility index (Phi) is 6.92. The average molecular weight is 473 g/mol. The SMILES string of the molecule is CN(c1ncc(C(=O)Nc2ccc(OC(F)(F)F)cc2)cc1-c1cncnc1)C1CCOCC1. The van der Waals surface area contributed by atoms with Crippen molar-refractivity contribution in [2.75, 3.05) is 30.5 Å². The van der Waals surface area contributed by atoms with Crippen LogP contribution in [-0.2, 0) is 4.74 Å². The van der Waals surface area contributed by atoms with Crippen molar-refractivity contribution in [3.05, 3.63) is 60.8 Å². The van der Waals surface area contributed by atoms with E-state index in [1.54, 1.807) is 18.5 Å². The first-order valence-corrected chi connectivity index (χ1v) is 10.5. The number of nitrogens with zero attached hydrogens (tertiary/aromatic N) is 4. The highest BCUT2D eigenvalue weighted by Gasteiger charge is 2.31. The molecule has 1 fully saturated rings. The number of nitrogens with one attached hydrogen (secondary N) is 1. The van der Waals surface area contributed by atoms with Gasteiger partial charge in [0.25, 0.3) is 5.91 Å². The number of hydrogen-bond acceptors (Lipinski definition) is 7. The average Bonchev–Trinajstić information content (AvgIpc) is 2.84. The molecule has 0 aliphatic carbocycles. The van der Waals surface area contributed by atoms with Gasteiger partial charge < -0.3 is 19.7 Å². The number of alkyl halides is 3. The summed E-state index contributed by atoms with van der Waals surface area (Å²) in [6, 6.07) is 6.84. The Bertz CT molecular complexity index is 1120. The lowest BCUT2D eigenvalue weighted by Crippen LogP contribution is -2.37. The third-order valence-electron chi connectivity index (χ3n) is 5.42. The zero-order chi connectivity index (χ0) is 24.1. The number of anilines is 2. The molecule has 1 aliphatic rings. The monoisotopic (exact) mass is 473 g/mol. The van der Waals surface area contributed by atoms with Gasteiger partial charge in [0.1, 0.15) is 17.9 Å². The van der Waals surface area contributed by atoms with Crippen LogP contribution in [0.4, 0.5) is 24.7 Å². The largest absolute Gasteiger partial charge is 0.573 e. The van der Waals surface area contributed by atoms with Crippen LogP contribution in [0.2, 0.25) is 0 Å². The Morgan fingerprint density at radius 2 is 1.79 bits per heavy atom. The molecule has 8 nitrogen and oxygen atoms in total. The molecule has 0 radical (unpaired) electrons.